The van der Waals surface area contributed by atoms with Gasteiger partial charge in [-0.2, -0.15) is 13.2 Å². The van der Waals surface area contributed by atoms with Gasteiger partial charge in [0, 0.05) is 5.69 Å². The van der Waals surface area contributed by atoms with Gasteiger partial charge in [-0.3, -0.25) is 0 Å². The fraction of sp³-hybridized carbons (Fsp3) is 0.417. The van der Waals surface area contributed by atoms with E-state index in [1.54, 1.807) is 0 Å². The van der Waals surface area contributed by atoms with Gasteiger partial charge in [-0.15, -0.1) is 0 Å². The van der Waals surface area contributed by atoms with Gasteiger partial charge in [0.05, 0.1) is 12.1 Å². The van der Waals surface area contributed by atoms with E-state index in [9.17, 15) is 23.1 Å². The molecule has 19 heavy (non-hydrogen) atoms. The van der Waals surface area contributed by atoms with Crippen LogP contribution in [0, 0.1) is 6.92 Å². The molecule has 1 atom stereocenters. The van der Waals surface area contributed by atoms with Crippen LogP contribution in [0.3, 0.4) is 0 Å². The second-order valence-electron chi connectivity index (χ2n) is 4.46. The zero-order valence-electron chi connectivity index (χ0n) is 10.4. The largest absolute Gasteiger partial charge is 0.479 e. The molecule has 7 heteroatoms. The maximum Gasteiger partial charge on any atom is 0.416 e. The Bertz CT molecular complexity index is 484. The zero-order chi connectivity index (χ0) is 14.8. The van der Waals surface area contributed by atoms with Crippen LogP contribution in [0.25, 0.3) is 0 Å². The van der Waals surface area contributed by atoms with E-state index in [1.807, 2.05) is 0 Å². The molecule has 0 saturated carbocycles. The van der Waals surface area contributed by atoms with Crippen LogP contribution in [0.5, 0.6) is 0 Å². The number of hydrogen-bond donors (Lipinski definition) is 3. The van der Waals surface area contributed by atoms with Gasteiger partial charge in [0.2, 0.25) is 0 Å². The standard InChI is InChI=1S/C12H14F3NO3/c1-7-3-4-8(5-9(7)12(13,14)15)16-6-11(2,19)10(17)18/h3-5,16,19H,6H2,1-2H3,(H,17,18). The molecule has 0 spiro atoms. The van der Waals surface area contributed by atoms with E-state index in [0.717, 1.165) is 13.0 Å². The van der Waals surface area contributed by atoms with Gasteiger partial charge in [-0.05, 0) is 31.5 Å². The third-order valence-corrected chi connectivity index (χ3v) is 2.64. The van der Waals surface area contributed by atoms with Crippen LogP contribution in [-0.4, -0.2) is 28.3 Å². The summed E-state index contributed by atoms with van der Waals surface area (Å²) in [6, 6.07) is 3.55. The van der Waals surface area contributed by atoms with Crippen molar-refractivity contribution in [1.82, 2.24) is 0 Å². The maximum absolute atomic E-state index is 12.7. The highest BCUT2D eigenvalue weighted by Crippen LogP contribution is 2.33. The quantitative estimate of drug-likeness (QED) is 0.789. The van der Waals surface area contributed by atoms with Crippen LogP contribution in [0.2, 0.25) is 0 Å². The third-order valence-electron chi connectivity index (χ3n) is 2.64. The first-order chi connectivity index (χ1) is 8.54. The van der Waals surface area contributed by atoms with E-state index in [2.05, 4.69) is 5.32 Å². The Labute approximate surface area is 107 Å². The van der Waals surface area contributed by atoms with Crippen molar-refractivity contribution in [1.29, 1.82) is 0 Å². The SMILES string of the molecule is Cc1ccc(NCC(C)(O)C(=O)O)cc1C(F)(F)F. The van der Waals surface area contributed by atoms with Crippen LogP contribution in [0.15, 0.2) is 18.2 Å². The third kappa shape index (κ3) is 3.85. The summed E-state index contributed by atoms with van der Waals surface area (Å²) < 4.78 is 38.0. The van der Waals surface area contributed by atoms with Gasteiger partial charge in [0.1, 0.15) is 0 Å². The molecule has 1 unspecified atom stereocenters. The summed E-state index contributed by atoms with van der Waals surface area (Å²) in [5.41, 5.74) is -2.68. The second-order valence-corrected chi connectivity index (χ2v) is 4.46. The summed E-state index contributed by atoms with van der Waals surface area (Å²) >= 11 is 0. The number of benzene rings is 1. The molecular formula is C12H14F3NO3. The normalized spacial score (nSPS) is 14.8. The Morgan fingerprint density at radius 2 is 1.95 bits per heavy atom. The minimum atomic E-state index is -4.48. The van der Waals surface area contributed by atoms with Crippen LogP contribution in [-0.2, 0) is 11.0 Å². The number of aliphatic hydroxyl groups is 1. The number of aryl methyl sites for hydroxylation is 1. The molecule has 0 radical (unpaired) electrons. The lowest BCUT2D eigenvalue weighted by Gasteiger charge is -2.20. The molecule has 4 nitrogen and oxygen atoms in total. The van der Waals surface area contributed by atoms with E-state index in [4.69, 9.17) is 5.11 Å². The minimum absolute atomic E-state index is 0.0723. The Hall–Kier alpha value is -1.76. The summed E-state index contributed by atoms with van der Waals surface area (Å²) in [6.07, 6.45) is -4.48. The molecule has 0 bridgehead atoms. The average molecular weight is 277 g/mol. The molecule has 0 fully saturated rings. The molecule has 1 aromatic carbocycles. The van der Waals surface area contributed by atoms with Crippen LogP contribution < -0.4 is 5.32 Å². The van der Waals surface area contributed by atoms with Crippen molar-refractivity contribution in [2.24, 2.45) is 0 Å². The molecule has 1 rings (SSSR count). The highest BCUT2D eigenvalue weighted by Gasteiger charge is 2.33. The molecule has 106 valence electrons. The molecule has 0 amide bonds. The Morgan fingerprint density at radius 1 is 1.37 bits per heavy atom. The summed E-state index contributed by atoms with van der Waals surface area (Å²) in [6.45, 7) is 1.99. The van der Waals surface area contributed by atoms with Crippen LogP contribution in [0.4, 0.5) is 18.9 Å². The fourth-order valence-corrected chi connectivity index (χ4v) is 1.39. The molecule has 3 N–H and O–H groups in total. The predicted molar refractivity (Wildman–Crippen MR) is 62.9 cm³/mol. The molecule has 0 aliphatic heterocycles. The van der Waals surface area contributed by atoms with Gasteiger partial charge >= 0.3 is 12.1 Å². The lowest BCUT2D eigenvalue weighted by Crippen LogP contribution is -2.41. The summed E-state index contributed by atoms with van der Waals surface area (Å²) in [4.78, 5) is 10.7. The molecule has 0 saturated heterocycles. The van der Waals surface area contributed by atoms with E-state index >= 15 is 0 Å². The van der Waals surface area contributed by atoms with Crippen molar-refractivity contribution in [3.8, 4) is 0 Å². The van der Waals surface area contributed by atoms with Crippen molar-refractivity contribution in [2.45, 2.75) is 25.6 Å². The van der Waals surface area contributed by atoms with Gasteiger partial charge in [0.25, 0.3) is 0 Å². The van der Waals surface area contributed by atoms with Gasteiger partial charge in [-0.1, -0.05) is 6.07 Å². The highest BCUT2D eigenvalue weighted by atomic mass is 19.4. The Kier molecular flexibility index (Phi) is 4.09. The number of carboxylic acid groups (broad SMARTS) is 1. The molecule has 0 aliphatic rings. The Balaban J connectivity index is 2.90. The van der Waals surface area contributed by atoms with Crippen molar-refractivity contribution >= 4 is 11.7 Å². The van der Waals surface area contributed by atoms with Crippen molar-refractivity contribution in [2.75, 3.05) is 11.9 Å². The molecule has 0 heterocycles. The highest BCUT2D eigenvalue weighted by molar-refractivity contribution is 5.77. The van der Waals surface area contributed by atoms with E-state index in [1.165, 1.54) is 19.1 Å². The summed E-state index contributed by atoms with van der Waals surface area (Å²) in [5.74, 6) is -1.46. The van der Waals surface area contributed by atoms with E-state index < -0.39 is 29.9 Å². The first-order valence-electron chi connectivity index (χ1n) is 5.41. The van der Waals surface area contributed by atoms with Crippen molar-refractivity contribution in [3.05, 3.63) is 29.3 Å². The van der Waals surface area contributed by atoms with Crippen LogP contribution >= 0.6 is 0 Å². The number of aliphatic carboxylic acids is 1. The molecule has 0 aliphatic carbocycles. The fourth-order valence-electron chi connectivity index (χ4n) is 1.39. The van der Waals surface area contributed by atoms with Gasteiger partial charge < -0.3 is 15.5 Å². The van der Waals surface area contributed by atoms with Crippen molar-refractivity contribution in [3.63, 3.8) is 0 Å². The number of halogens is 3. The number of nitrogens with one attached hydrogen (secondary N) is 1. The lowest BCUT2D eigenvalue weighted by molar-refractivity contribution is -0.155. The van der Waals surface area contributed by atoms with Gasteiger partial charge in [-0.25, -0.2) is 4.79 Å². The first kappa shape index (κ1) is 15.3. The Morgan fingerprint density at radius 3 is 2.42 bits per heavy atom. The maximum atomic E-state index is 12.7. The number of rotatable bonds is 4. The van der Waals surface area contributed by atoms with Crippen LogP contribution in [0.1, 0.15) is 18.1 Å². The molecule has 0 aromatic heterocycles. The number of carboxylic acids is 1. The number of anilines is 1. The molecule has 1 aromatic rings. The minimum Gasteiger partial charge on any atom is -0.479 e. The zero-order valence-corrected chi connectivity index (χ0v) is 10.4. The molecular weight excluding hydrogens is 263 g/mol. The number of hydrogen-bond acceptors (Lipinski definition) is 3. The van der Waals surface area contributed by atoms with E-state index in [-0.39, 0.29) is 11.3 Å². The smallest absolute Gasteiger partial charge is 0.416 e. The van der Waals surface area contributed by atoms with Gasteiger partial charge in [0.15, 0.2) is 5.60 Å². The van der Waals surface area contributed by atoms with Crippen molar-refractivity contribution < 1.29 is 28.2 Å². The summed E-state index contributed by atoms with van der Waals surface area (Å²) in [5, 5.41) is 20.6. The monoisotopic (exact) mass is 277 g/mol. The lowest BCUT2D eigenvalue weighted by atomic mass is 10.1. The predicted octanol–water partition coefficient (Wildman–Crippen LogP) is 2.26. The average Bonchev–Trinajstić information content (AvgIpc) is 2.26. The number of alkyl halides is 3. The second kappa shape index (κ2) is 5.08. The topological polar surface area (TPSA) is 69.6 Å². The first-order valence-corrected chi connectivity index (χ1v) is 5.41. The van der Waals surface area contributed by atoms with E-state index in [0.29, 0.717) is 0 Å². The number of carbonyl (C=O) groups is 1. The summed E-state index contributed by atoms with van der Waals surface area (Å²) in [7, 11) is 0.